The lowest BCUT2D eigenvalue weighted by Gasteiger charge is -2.33. The summed E-state index contributed by atoms with van der Waals surface area (Å²) < 4.78 is 11.1. The van der Waals surface area contributed by atoms with Gasteiger partial charge in [-0.3, -0.25) is 9.69 Å². The van der Waals surface area contributed by atoms with Crippen LogP contribution in [0.5, 0.6) is 11.5 Å². The average molecular weight is 620 g/mol. The SMILES string of the molecule is C/C=C(\C=C/CC)C(C)N(Cc1cc(Oc2c(C)cc(NC(=O)C(=O)OCC)cc2C)ccc1N=O)CC(C)CCCCCC. The Morgan fingerprint density at radius 3 is 2.33 bits per heavy atom. The number of hydrogen-bond donors (Lipinski definition) is 1. The average Bonchev–Trinajstić information content (AvgIpc) is 3.01. The third-order valence-electron chi connectivity index (χ3n) is 7.93. The molecule has 0 aromatic heterocycles. The number of anilines is 1. The summed E-state index contributed by atoms with van der Waals surface area (Å²) in [6, 6.07) is 8.99. The summed E-state index contributed by atoms with van der Waals surface area (Å²) in [5.41, 5.74) is 4.47. The van der Waals surface area contributed by atoms with E-state index in [9.17, 15) is 14.5 Å². The van der Waals surface area contributed by atoms with Gasteiger partial charge in [-0.2, -0.15) is 0 Å². The monoisotopic (exact) mass is 619 g/mol. The number of nitroso groups, excluding NO2 is 1. The molecular weight excluding hydrogens is 566 g/mol. The molecule has 2 atom stereocenters. The van der Waals surface area contributed by atoms with Crippen LogP contribution in [0.15, 0.2) is 59.3 Å². The molecule has 0 radical (unpaired) electrons. The van der Waals surface area contributed by atoms with Gasteiger partial charge in [-0.1, -0.05) is 64.7 Å². The number of benzene rings is 2. The molecule has 2 aromatic carbocycles. The Morgan fingerprint density at radius 2 is 1.73 bits per heavy atom. The van der Waals surface area contributed by atoms with Crippen LogP contribution in [0, 0.1) is 24.7 Å². The predicted octanol–water partition coefficient (Wildman–Crippen LogP) is 9.70. The first-order valence-corrected chi connectivity index (χ1v) is 16.4. The van der Waals surface area contributed by atoms with Gasteiger partial charge in [0.1, 0.15) is 17.2 Å². The quantitative estimate of drug-likeness (QED) is 0.0586. The van der Waals surface area contributed by atoms with E-state index in [-0.39, 0.29) is 12.6 Å². The van der Waals surface area contributed by atoms with E-state index >= 15 is 0 Å². The molecule has 2 rings (SSSR count). The first-order valence-electron chi connectivity index (χ1n) is 16.4. The Balaban J connectivity index is 2.36. The zero-order valence-electron chi connectivity index (χ0n) is 28.6. The highest BCUT2D eigenvalue weighted by atomic mass is 16.5. The van der Waals surface area contributed by atoms with E-state index in [4.69, 9.17) is 9.47 Å². The topological polar surface area (TPSA) is 97.3 Å². The second kappa shape index (κ2) is 19.6. The van der Waals surface area contributed by atoms with Crippen LogP contribution in [0.2, 0.25) is 0 Å². The number of rotatable bonds is 18. The normalized spacial score (nSPS) is 13.1. The van der Waals surface area contributed by atoms with Crippen molar-refractivity contribution in [2.75, 3.05) is 18.5 Å². The zero-order valence-corrected chi connectivity index (χ0v) is 28.6. The van der Waals surface area contributed by atoms with Crippen LogP contribution in [0.1, 0.15) is 96.8 Å². The summed E-state index contributed by atoms with van der Waals surface area (Å²) in [5.74, 6) is -0.0382. The van der Waals surface area contributed by atoms with Crippen molar-refractivity contribution < 1.29 is 19.1 Å². The van der Waals surface area contributed by atoms with Gasteiger partial charge in [-0.25, -0.2) is 4.79 Å². The van der Waals surface area contributed by atoms with Gasteiger partial charge in [-0.05, 0) is 111 Å². The van der Waals surface area contributed by atoms with Crippen LogP contribution >= 0.6 is 0 Å². The van der Waals surface area contributed by atoms with Gasteiger partial charge in [0.2, 0.25) is 0 Å². The lowest BCUT2D eigenvalue weighted by atomic mass is 9.98. The number of amides is 1. The molecule has 246 valence electrons. The third kappa shape index (κ3) is 11.9. The summed E-state index contributed by atoms with van der Waals surface area (Å²) in [6.45, 7) is 17.9. The molecule has 2 unspecified atom stereocenters. The fourth-order valence-corrected chi connectivity index (χ4v) is 5.45. The minimum atomic E-state index is -0.929. The van der Waals surface area contributed by atoms with Crippen molar-refractivity contribution in [2.45, 2.75) is 107 Å². The minimum Gasteiger partial charge on any atom is -0.459 e. The lowest BCUT2D eigenvalue weighted by molar-refractivity contribution is -0.152. The summed E-state index contributed by atoms with van der Waals surface area (Å²) in [7, 11) is 0. The van der Waals surface area contributed by atoms with E-state index in [0.717, 1.165) is 36.1 Å². The molecule has 0 spiro atoms. The molecule has 0 heterocycles. The predicted molar refractivity (Wildman–Crippen MR) is 184 cm³/mol. The van der Waals surface area contributed by atoms with E-state index < -0.39 is 11.9 Å². The van der Waals surface area contributed by atoms with Crippen molar-refractivity contribution >= 4 is 23.3 Å². The molecule has 2 aromatic rings. The molecule has 45 heavy (non-hydrogen) atoms. The fraction of sp³-hybridized carbons (Fsp3) is 0.514. The van der Waals surface area contributed by atoms with Gasteiger partial charge in [0.15, 0.2) is 0 Å². The Bertz CT molecular complexity index is 1310. The summed E-state index contributed by atoms with van der Waals surface area (Å²) >= 11 is 0. The van der Waals surface area contributed by atoms with Crippen molar-refractivity contribution in [3.63, 3.8) is 0 Å². The molecular formula is C37H53N3O5. The van der Waals surface area contributed by atoms with Crippen LogP contribution in [0.25, 0.3) is 0 Å². The largest absolute Gasteiger partial charge is 0.459 e. The molecule has 8 nitrogen and oxygen atoms in total. The molecule has 0 saturated carbocycles. The molecule has 0 fully saturated rings. The Labute approximate surface area is 270 Å². The second-order valence-electron chi connectivity index (χ2n) is 11.8. The second-order valence-corrected chi connectivity index (χ2v) is 11.8. The summed E-state index contributed by atoms with van der Waals surface area (Å²) in [5, 5.41) is 5.94. The first-order chi connectivity index (χ1) is 21.6. The van der Waals surface area contributed by atoms with Crippen molar-refractivity contribution in [1.82, 2.24) is 4.90 Å². The number of carbonyl (C=O) groups excluding carboxylic acids is 2. The number of unbranched alkanes of at least 4 members (excludes halogenated alkanes) is 3. The van der Waals surface area contributed by atoms with Crippen LogP contribution in [-0.4, -0.2) is 36.0 Å². The number of ether oxygens (including phenoxy) is 2. The van der Waals surface area contributed by atoms with Gasteiger partial charge in [-0.15, -0.1) is 4.91 Å². The fourth-order valence-electron chi connectivity index (χ4n) is 5.45. The van der Waals surface area contributed by atoms with E-state index in [0.29, 0.717) is 35.3 Å². The highest BCUT2D eigenvalue weighted by Gasteiger charge is 2.22. The highest BCUT2D eigenvalue weighted by molar-refractivity contribution is 6.37. The molecule has 8 heteroatoms. The maximum Gasteiger partial charge on any atom is 0.397 e. The summed E-state index contributed by atoms with van der Waals surface area (Å²) in [6.07, 6.45) is 13.6. The molecule has 0 aliphatic heterocycles. The van der Waals surface area contributed by atoms with Crippen molar-refractivity contribution in [1.29, 1.82) is 0 Å². The van der Waals surface area contributed by atoms with Gasteiger partial charge >= 0.3 is 11.9 Å². The van der Waals surface area contributed by atoms with Crippen LogP contribution in [0.4, 0.5) is 11.4 Å². The zero-order chi connectivity index (χ0) is 33.4. The van der Waals surface area contributed by atoms with Crippen LogP contribution in [-0.2, 0) is 20.9 Å². The van der Waals surface area contributed by atoms with Gasteiger partial charge in [0, 0.05) is 24.8 Å². The summed E-state index contributed by atoms with van der Waals surface area (Å²) in [4.78, 5) is 38.3. The van der Waals surface area contributed by atoms with Crippen molar-refractivity contribution in [3.8, 4) is 11.5 Å². The maximum atomic E-state index is 12.1. The number of aryl methyl sites for hydroxylation is 2. The first kappa shape index (κ1) is 37.4. The van der Waals surface area contributed by atoms with Gasteiger partial charge in [0.25, 0.3) is 0 Å². The minimum absolute atomic E-state index is 0.124. The Hall–Kier alpha value is -3.78. The number of hydrogen-bond acceptors (Lipinski definition) is 7. The third-order valence-corrected chi connectivity index (χ3v) is 7.93. The van der Waals surface area contributed by atoms with E-state index in [1.165, 1.54) is 31.3 Å². The molecule has 1 N–H and O–H groups in total. The lowest BCUT2D eigenvalue weighted by Crippen LogP contribution is -2.37. The number of esters is 1. The number of allylic oxidation sites excluding steroid dienone is 2. The maximum absolute atomic E-state index is 12.1. The van der Waals surface area contributed by atoms with E-state index in [1.54, 1.807) is 31.2 Å². The van der Waals surface area contributed by atoms with E-state index in [2.05, 4.69) is 68.2 Å². The molecule has 0 aliphatic carbocycles. The highest BCUT2D eigenvalue weighted by Crippen LogP contribution is 2.35. The number of nitrogens with zero attached hydrogens (tertiary/aromatic N) is 2. The van der Waals surface area contributed by atoms with Gasteiger partial charge in [0.05, 0.1) is 6.61 Å². The number of carbonyl (C=O) groups is 2. The standard InChI is InChI=1S/C37H53N3O5/c1-9-13-15-16-17-26(5)24-40(29(8)30(11-3)18-14-10-2)25-31-23-33(19-20-34(31)39-43)45-35-27(6)21-32(22-28(35)7)38-36(41)37(42)44-12-4/h11,14,18-23,26,29H,9-10,12-13,15-17,24-25H2,1-8H3,(H,38,41)/b18-14-,30-11+. The molecule has 0 bridgehead atoms. The molecule has 1 amide bonds. The van der Waals surface area contributed by atoms with Crippen LogP contribution < -0.4 is 10.1 Å². The Morgan fingerprint density at radius 1 is 1.02 bits per heavy atom. The number of nitrogens with one attached hydrogen (secondary N) is 1. The Kier molecular flexibility index (Phi) is 16.3. The van der Waals surface area contributed by atoms with Crippen molar-refractivity contribution in [3.05, 3.63) is 75.7 Å². The smallest absolute Gasteiger partial charge is 0.397 e. The van der Waals surface area contributed by atoms with Gasteiger partial charge < -0.3 is 14.8 Å². The molecule has 0 aliphatic rings. The van der Waals surface area contributed by atoms with Crippen LogP contribution in [0.3, 0.4) is 0 Å². The van der Waals surface area contributed by atoms with Crippen molar-refractivity contribution in [2.24, 2.45) is 11.1 Å². The van der Waals surface area contributed by atoms with E-state index in [1.807, 2.05) is 19.9 Å². The molecule has 0 saturated heterocycles.